The van der Waals surface area contributed by atoms with Crippen molar-refractivity contribution in [1.29, 1.82) is 0 Å². The molecule has 1 aromatic carbocycles. The van der Waals surface area contributed by atoms with Gasteiger partial charge in [-0.1, -0.05) is 18.2 Å². The van der Waals surface area contributed by atoms with Crippen LogP contribution in [-0.2, 0) is 4.79 Å². The Balaban J connectivity index is 2.07. The van der Waals surface area contributed by atoms with Gasteiger partial charge in [-0.25, -0.2) is 0 Å². The number of hydrogen-bond donors (Lipinski definition) is 4. The van der Waals surface area contributed by atoms with E-state index < -0.39 is 17.9 Å². The van der Waals surface area contributed by atoms with Gasteiger partial charge in [0.25, 0.3) is 5.91 Å². The van der Waals surface area contributed by atoms with Crippen molar-refractivity contribution >= 4 is 22.7 Å². The van der Waals surface area contributed by atoms with E-state index in [2.05, 4.69) is 10.3 Å². The van der Waals surface area contributed by atoms with Gasteiger partial charge in [0.2, 0.25) is 5.91 Å². The highest BCUT2D eigenvalue weighted by molar-refractivity contribution is 5.98. The summed E-state index contributed by atoms with van der Waals surface area (Å²) in [6, 6.07) is 9.15. The summed E-state index contributed by atoms with van der Waals surface area (Å²) in [6.07, 6.45) is -1.38. The third kappa shape index (κ3) is 2.49. The topological polar surface area (TPSA) is 108 Å². The predicted molar refractivity (Wildman–Crippen MR) is 65.8 cm³/mol. The van der Waals surface area contributed by atoms with Crippen molar-refractivity contribution in [3.05, 3.63) is 36.0 Å². The standard InChI is InChI=1S/C12H13N3O3/c13-11(17)10(16)6-14-12(18)9-5-7-3-1-2-4-8(7)15-9/h1-5,10,15-16H,6H2,(H2,13,17)(H,14,18). The van der Waals surface area contributed by atoms with Gasteiger partial charge in [-0.2, -0.15) is 0 Å². The smallest absolute Gasteiger partial charge is 0.267 e. The van der Waals surface area contributed by atoms with Crippen LogP contribution in [0.5, 0.6) is 0 Å². The Morgan fingerprint density at radius 2 is 2.11 bits per heavy atom. The van der Waals surface area contributed by atoms with E-state index in [1.807, 2.05) is 24.3 Å². The summed E-state index contributed by atoms with van der Waals surface area (Å²) in [5, 5.41) is 12.5. The normalized spacial score (nSPS) is 12.3. The Labute approximate surface area is 103 Å². The Morgan fingerprint density at radius 3 is 2.78 bits per heavy atom. The molecule has 0 aliphatic carbocycles. The number of primary amides is 1. The average Bonchev–Trinajstić information content (AvgIpc) is 2.79. The van der Waals surface area contributed by atoms with E-state index >= 15 is 0 Å². The van der Waals surface area contributed by atoms with Crippen molar-refractivity contribution < 1.29 is 14.7 Å². The number of nitrogens with two attached hydrogens (primary N) is 1. The first-order valence-corrected chi connectivity index (χ1v) is 5.41. The van der Waals surface area contributed by atoms with Crippen LogP contribution in [0.2, 0.25) is 0 Å². The van der Waals surface area contributed by atoms with E-state index in [1.54, 1.807) is 6.07 Å². The molecule has 6 heteroatoms. The van der Waals surface area contributed by atoms with Gasteiger partial charge in [-0.15, -0.1) is 0 Å². The minimum Gasteiger partial charge on any atom is -0.381 e. The minimum atomic E-state index is -1.38. The SMILES string of the molecule is NC(=O)C(O)CNC(=O)c1cc2ccccc2[nH]1. The molecule has 1 unspecified atom stereocenters. The number of carbonyl (C=O) groups is 2. The second-order valence-corrected chi connectivity index (χ2v) is 3.90. The van der Waals surface area contributed by atoms with Crippen LogP contribution in [0, 0.1) is 0 Å². The summed E-state index contributed by atoms with van der Waals surface area (Å²) >= 11 is 0. The molecule has 0 saturated heterocycles. The highest BCUT2D eigenvalue weighted by Crippen LogP contribution is 2.14. The highest BCUT2D eigenvalue weighted by Gasteiger charge is 2.14. The molecule has 0 radical (unpaired) electrons. The molecule has 0 bridgehead atoms. The number of benzene rings is 1. The maximum absolute atomic E-state index is 11.7. The third-order valence-electron chi connectivity index (χ3n) is 2.56. The molecule has 1 aromatic heterocycles. The maximum Gasteiger partial charge on any atom is 0.267 e. The lowest BCUT2D eigenvalue weighted by atomic mass is 10.2. The molecule has 1 atom stereocenters. The molecule has 0 saturated carbocycles. The number of aromatic amines is 1. The molecule has 2 aromatic rings. The Bertz CT molecular complexity index is 558. The minimum absolute atomic E-state index is 0.205. The number of nitrogens with one attached hydrogen (secondary N) is 2. The fourth-order valence-corrected chi connectivity index (χ4v) is 1.58. The molecule has 18 heavy (non-hydrogen) atoms. The van der Waals surface area contributed by atoms with Crippen molar-refractivity contribution in [3.8, 4) is 0 Å². The Kier molecular flexibility index (Phi) is 3.29. The first-order valence-electron chi connectivity index (χ1n) is 5.41. The average molecular weight is 247 g/mol. The number of rotatable bonds is 4. The van der Waals surface area contributed by atoms with E-state index in [1.165, 1.54) is 0 Å². The molecular weight excluding hydrogens is 234 g/mol. The summed E-state index contributed by atoms with van der Waals surface area (Å²) in [7, 11) is 0. The molecule has 2 amide bonds. The number of aliphatic hydroxyl groups is 1. The second-order valence-electron chi connectivity index (χ2n) is 3.90. The monoisotopic (exact) mass is 247 g/mol. The number of aromatic nitrogens is 1. The summed E-state index contributed by atoms with van der Waals surface area (Å²) < 4.78 is 0. The lowest BCUT2D eigenvalue weighted by Crippen LogP contribution is -2.40. The molecule has 0 aliphatic rings. The quantitative estimate of drug-likeness (QED) is 0.598. The van der Waals surface area contributed by atoms with E-state index in [0.29, 0.717) is 5.69 Å². The zero-order valence-electron chi connectivity index (χ0n) is 9.51. The van der Waals surface area contributed by atoms with Crippen LogP contribution in [-0.4, -0.2) is 34.6 Å². The number of fused-ring (bicyclic) bond motifs is 1. The zero-order chi connectivity index (χ0) is 13.1. The van der Waals surface area contributed by atoms with E-state index in [-0.39, 0.29) is 6.54 Å². The van der Waals surface area contributed by atoms with Gasteiger partial charge in [0.15, 0.2) is 0 Å². The fourth-order valence-electron chi connectivity index (χ4n) is 1.58. The number of hydrogen-bond acceptors (Lipinski definition) is 3. The van der Waals surface area contributed by atoms with E-state index in [0.717, 1.165) is 10.9 Å². The Hall–Kier alpha value is -2.34. The predicted octanol–water partition coefficient (Wildman–Crippen LogP) is -0.256. The zero-order valence-corrected chi connectivity index (χ0v) is 9.51. The summed E-state index contributed by atoms with van der Waals surface area (Å²) in [4.78, 5) is 25.3. The van der Waals surface area contributed by atoms with Gasteiger partial charge >= 0.3 is 0 Å². The first kappa shape index (κ1) is 12.1. The summed E-state index contributed by atoms with van der Waals surface area (Å²) in [5.74, 6) is -1.27. The number of aliphatic hydroxyl groups excluding tert-OH is 1. The van der Waals surface area contributed by atoms with Crippen LogP contribution in [0.4, 0.5) is 0 Å². The van der Waals surface area contributed by atoms with E-state index in [4.69, 9.17) is 10.8 Å². The summed E-state index contributed by atoms with van der Waals surface area (Å²) in [5.41, 5.74) is 6.09. The van der Waals surface area contributed by atoms with E-state index in [9.17, 15) is 9.59 Å². The van der Waals surface area contributed by atoms with Crippen LogP contribution in [0.1, 0.15) is 10.5 Å². The van der Waals surface area contributed by atoms with Crippen LogP contribution in [0.25, 0.3) is 10.9 Å². The maximum atomic E-state index is 11.7. The lowest BCUT2D eigenvalue weighted by Gasteiger charge is -2.07. The van der Waals surface area contributed by atoms with Crippen molar-refractivity contribution in [3.63, 3.8) is 0 Å². The molecule has 0 fully saturated rings. The van der Waals surface area contributed by atoms with Crippen LogP contribution < -0.4 is 11.1 Å². The first-order chi connectivity index (χ1) is 8.58. The molecule has 1 heterocycles. The van der Waals surface area contributed by atoms with Crippen LogP contribution in [0.3, 0.4) is 0 Å². The molecule has 0 spiro atoms. The van der Waals surface area contributed by atoms with Crippen molar-refractivity contribution in [2.75, 3.05) is 6.54 Å². The van der Waals surface area contributed by atoms with Gasteiger partial charge in [0.05, 0.1) is 6.54 Å². The number of para-hydroxylation sites is 1. The third-order valence-corrected chi connectivity index (χ3v) is 2.56. The molecule has 94 valence electrons. The van der Waals surface area contributed by atoms with Gasteiger partial charge in [0, 0.05) is 10.9 Å². The lowest BCUT2D eigenvalue weighted by molar-refractivity contribution is -0.125. The second kappa shape index (κ2) is 4.89. The van der Waals surface area contributed by atoms with Gasteiger partial charge in [0.1, 0.15) is 11.8 Å². The molecule has 5 N–H and O–H groups in total. The molecule has 2 rings (SSSR count). The highest BCUT2D eigenvalue weighted by atomic mass is 16.3. The Morgan fingerprint density at radius 1 is 1.39 bits per heavy atom. The molecular formula is C12H13N3O3. The fraction of sp³-hybridized carbons (Fsp3) is 0.167. The number of H-pyrrole nitrogens is 1. The summed E-state index contributed by atoms with van der Waals surface area (Å²) in [6.45, 7) is -0.205. The molecule has 6 nitrogen and oxygen atoms in total. The van der Waals surface area contributed by atoms with Crippen molar-refractivity contribution in [1.82, 2.24) is 10.3 Å². The van der Waals surface area contributed by atoms with Gasteiger partial charge in [-0.05, 0) is 12.1 Å². The largest absolute Gasteiger partial charge is 0.381 e. The number of amides is 2. The van der Waals surface area contributed by atoms with Gasteiger partial charge in [-0.3, -0.25) is 9.59 Å². The van der Waals surface area contributed by atoms with Crippen LogP contribution in [0.15, 0.2) is 30.3 Å². The van der Waals surface area contributed by atoms with Crippen molar-refractivity contribution in [2.24, 2.45) is 5.73 Å². The van der Waals surface area contributed by atoms with Gasteiger partial charge < -0.3 is 21.1 Å². The molecule has 0 aliphatic heterocycles. The number of carbonyl (C=O) groups excluding carboxylic acids is 2. The van der Waals surface area contributed by atoms with Crippen LogP contribution >= 0.6 is 0 Å². The van der Waals surface area contributed by atoms with Crippen molar-refractivity contribution in [2.45, 2.75) is 6.10 Å².